The van der Waals surface area contributed by atoms with Crippen LogP contribution in [0.5, 0.6) is 0 Å². The fourth-order valence-corrected chi connectivity index (χ4v) is 3.36. The summed E-state index contributed by atoms with van der Waals surface area (Å²) >= 11 is 9.48. The first kappa shape index (κ1) is 14.2. The number of piperazine rings is 1. The van der Waals surface area contributed by atoms with E-state index in [1.807, 2.05) is 0 Å². The second-order valence-electron chi connectivity index (χ2n) is 4.90. The highest BCUT2D eigenvalue weighted by Gasteiger charge is 2.23. The highest BCUT2D eigenvalue weighted by atomic mass is 79.9. The van der Waals surface area contributed by atoms with E-state index < -0.39 is 0 Å². The van der Waals surface area contributed by atoms with Crippen LogP contribution in [-0.2, 0) is 5.88 Å². The zero-order chi connectivity index (χ0) is 13.1. The van der Waals surface area contributed by atoms with Gasteiger partial charge in [0.1, 0.15) is 0 Å². The van der Waals surface area contributed by atoms with Crippen LogP contribution in [0.25, 0.3) is 0 Å². The third-order valence-electron chi connectivity index (χ3n) is 3.79. The minimum absolute atomic E-state index is 0.557. The molecule has 1 atom stereocenters. The number of alkyl halides is 1. The number of rotatable bonds is 3. The molecule has 1 aromatic rings. The number of benzene rings is 1. The summed E-state index contributed by atoms with van der Waals surface area (Å²) in [5, 5.41) is 0. The van der Waals surface area contributed by atoms with E-state index in [0.29, 0.717) is 11.9 Å². The third-order valence-corrected chi connectivity index (χ3v) is 4.82. The fraction of sp³-hybridized carbons (Fsp3) is 0.571. The van der Waals surface area contributed by atoms with Crippen molar-refractivity contribution in [1.29, 1.82) is 0 Å². The quantitative estimate of drug-likeness (QED) is 0.779. The molecule has 1 saturated heterocycles. The molecule has 0 N–H and O–H groups in total. The van der Waals surface area contributed by atoms with E-state index in [-0.39, 0.29) is 0 Å². The first-order chi connectivity index (χ1) is 8.65. The molecule has 0 aromatic heterocycles. The molecule has 1 aliphatic rings. The first-order valence-electron chi connectivity index (χ1n) is 6.45. The van der Waals surface area contributed by atoms with Crippen molar-refractivity contribution in [2.24, 2.45) is 0 Å². The summed E-state index contributed by atoms with van der Waals surface area (Å²) in [6.07, 6.45) is 1.20. The highest BCUT2D eigenvalue weighted by Crippen LogP contribution is 2.27. The second kappa shape index (κ2) is 6.27. The summed E-state index contributed by atoms with van der Waals surface area (Å²) in [5.74, 6) is 0.557. The van der Waals surface area contributed by atoms with Gasteiger partial charge in [0, 0.05) is 41.7 Å². The highest BCUT2D eigenvalue weighted by molar-refractivity contribution is 9.10. The summed E-state index contributed by atoms with van der Waals surface area (Å²) in [4.78, 5) is 4.93. The van der Waals surface area contributed by atoms with Gasteiger partial charge in [-0.1, -0.05) is 28.9 Å². The average Bonchev–Trinajstić information content (AvgIpc) is 2.39. The maximum Gasteiger partial charge on any atom is 0.0485 e. The zero-order valence-electron chi connectivity index (χ0n) is 11.0. The number of hydrogen-bond donors (Lipinski definition) is 0. The summed E-state index contributed by atoms with van der Waals surface area (Å²) in [7, 11) is 2.22. The molecule has 0 amide bonds. The molecule has 0 spiro atoms. The molecule has 2 nitrogen and oxygen atoms in total. The molecule has 1 fully saturated rings. The van der Waals surface area contributed by atoms with Crippen LogP contribution in [0.15, 0.2) is 22.7 Å². The van der Waals surface area contributed by atoms with Crippen LogP contribution in [0.2, 0.25) is 0 Å². The van der Waals surface area contributed by atoms with E-state index in [1.54, 1.807) is 0 Å². The molecule has 1 aromatic carbocycles. The lowest BCUT2D eigenvalue weighted by atomic mass is 10.1. The Kier molecular flexibility index (Phi) is 4.93. The Labute approximate surface area is 123 Å². The SMILES string of the molecule is CCC1CN(c2ccc(CCl)c(Br)c2)CCN1C. The number of hydrogen-bond acceptors (Lipinski definition) is 2. The molecule has 1 unspecified atom stereocenters. The lowest BCUT2D eigenvalue weighted by Gasteiger charge is -2.40. The van der Waals surface area contributed by atoms with E-state index in [1.165, 1.54) is 12.1 Å². The standard InChI is InChI=1S/C14H20BrClN2/c1-3-12-10-18(7-6-17(12)2)13-5-4-11(9-16)14(15)8-13/h4-5,8,12H,3,6-7,9-10H2,1-2H3. The van der Waals surface area contributed by atoms with E-state index in [0.717, 1.165) is 29.7 Å². The van der Waals surface area contributed by atoms with Crippen LogP contribution in [-0.4, -0.2) is 37.6 Å². The van der Waals surface area contributed by atoms with Gasteiger partial charge in [0.25, 0.3) is 0 Å². The maximum absolute atomic E-state index is 5.88. The predicted molar refractivity (Wildman–Crippen MR) is 82.6 cm³/mol. The molecule has 4 heteroatoms. The Morgan fingerprint density at radius 2 is 2.17 bits per heavy atom. The Bertz CT molecular complexity index is 411. The van der Waals surface area contributed by atoms with Crippen molar-refractivity contribution in [2.75, 3.05) is 31.6 Å². The van der Waals surface area contributed by atoms with Gasteiger partial charge in [0.15, 0.2) is 0 Å². The van der Waals surface area contributed by atoms with Crippen molar-refractivity contribution in [2.45, 2.75) is 25.3 Å². The van der Waals surface area contributed by atoms with Gasteiger partial charge in [0.05, 0.1) is 0 Å². The monoisotopic (exact) mass is 330 g/mol. The minimum atomic E-state index is 0.557. The van der Waals surface area contributed by atoms with Crippen molar-refractivity contribution in [3.63, 3.8) is 0 Å². The molecule has 18 heavy (non-hydrogen) atoms. The van der Waals surface area contributed by atoms with Crippen LogP contribution in [0.4, 0.5) is 5.69 Å². The van der Waals surface area contributed by atoms with Crippen molar-refractivity contribution < 1.29 is 0 Å². The smallest absolute Gasteiger partial charge is 0.0485 e. The predicted octanol–water partition coefficient (Wildman–Crippen LogP) is 3.72. The molecular formula is C14H20BrClN2. The van der Waals surface area contributed by atoms with Gasteiger partial charge in [-0.2, -0.15) is 0 Å². The zero-order valence-corrected chi connectivity index (χ0v) is 13.3. The van der Waals surface area contributed by atoms with Crippen molar-refractivity contribution >= 4 is 33.2 Å². The number of nitrogens with zero attached hydrogens (tertiary/aromatic N) is 2. The molecule has 0 saturated carbocycles. The summed E-state index contributed by atoms with van der Waals surface area (Å²) in [6.45, 7) is 5.60. The molecule has 0 aliphatic carbocycles. The van der Waals surface area contributed by atoms with Crippen molar-refractivity contribution in [1.82, 2.24) is 4.90 Å². The average molecular weight is 332 g/mol. The lowest BCUT2D eigenvalue weighted by Crippen LogP contribution is -2.51. The van der Waals surface area contributed by atoms with Crippen molar-refractivity contribution in [3.8, 4) is 0 Å². The van der Waals surface area contributed by atoms with E-state index in [9.17, 15) is 0 Å². The molecule has 100 valence electrons. The first-order valence-corrected chi connectivity index (χ1v) is 7.78. The Hall–Kier alpha value is -0.250. The Morgan fingerprint density at radius 3 is 2.78 bits per heavy atom. The van der Waals surface area contributed by atoms with Gasteiger partial charge in [-0.3, -0.25) is 4.90 Å². The minimum Gasteiger partial charge on any atom is -0.369 e. The van der Waals surface area contributed by atoms with Gasteiger partial charge in [-0.25, -0.2) is 0 Å². The van der Waals surface area contributed by atoms with E-state index in [2.05, 4.69) is 57.9 Å². The van der Waals surface area contributed by atoms with Crippen LogP contribution in [0, 0.1) is 0 Å². The summed E-state index contributed by atoms with van der Waals surface area (Å²) in [5.41, 5.74) is 2.45. The largest absolute Gasteiger partial charge is 0.369 e. The number of likely N-dealkylation sites (N-methyl/N-ethyl adjacent to an activating group) is 1. The fourth-order valence-electron chi connectivity index (χ4n) is 2.46. The molecule has 0 bridgehead atoms. The van der Waals surface area contributed by atoms with Crippen LogP contribution >= 0.6 is 27.5 Å². The third kappa shape index (κ3) is 3.01. The number of halogens is 2. The molecule has 2 rings (SSSR count). The molecule has 0 radical (unpaired) electrons. The van der Waals surface area contributed by atoms with Gasteiger partial charge in [-0.15, -0.1) is 11.6 Å². The lowest BCUT2D eigenvalue weighted by molar-refractivity contribution is 0.213. The van der Waals surface area contributed by atoms with Gasteiger partial charge >= 0.3 is 0 Å². The summed E-state index contributed by atoms with van der Waals surface area (Å²) < 4.78 is 1.11. The van der Waals surface area contributed by atoms with Crippen LogP contribution in [0.1, 0.15) is 18.9 Å². The van der Waals surface area contributed by atoms with Gasteiger partial charge < -0.3 is 4.90 Å². The van der Waals surface area contributed by atoms with Gasteiger partial charge in [-0.05, 0) is 31.2 Å². The van der Waals surface area contributed by atoms with E-state index >= 15 is 0 Å². The normalized spacial score (nSPS) is 21.3. The topological polar surface area (TPSA) is 6.48 Å². The number of anilines is 1. The maximum atomic E-state index is 5.88. The van der Waals surface area contributed by atoms with Crippen molar-refractivity contribution in [3.05, 3.63) is 28.2 Å². The second-order valence-corrected chi connectivity index (χ2v) is 6.02. The Morgan fingerprint density at radius 1 is 1.39 bits per heavy atom. The molecular weight excluding hydrogens is 312 g/mol. The Balaban J connectivity index is 2.14. The molecule has 1 aliphatic heterocycles. The van der Waals surface area contributed by atoms with Gasteiger partial charge in [0.2, 0.25) is 0 Å². The van der Waals surface area contributed by atoms with Crippen LogP contribution in [0.3, 0.4) is 0 Å². The van der Waals surface area contributed by atoms with Crippen LogP contribution < -0.4 is 4.90 Å². The van der Waals surface area contributed by atoms with E-state index in [4.69, 9.17) is 11.6 Å². The summed E-state index contributed by atoms with van der Waals surface area (Å²) in [6, 6.07) is 7.15. The molecule has 1 heterocycles.